The molecule has 8 heteroatoms. The number of rotatable bonds is 6. The van der Waals surface area contributed by atoms with E-state index in [9.17, 15) is 14.9 Å². The van der Waals surface area contributed by atoms with E-state index in [1.807, 2.05) is 13.0 Å². The number of methoxy groups -OCH3 is 1. The number of hydrogen-bond acceptors (Lipinski definition) is 4. The molecule has 178 valence electrons. The summed E-state index contributed by atoms with van der Waals surface area (Å²) in [6.07, 6.45) is 0.121. The maximum Gasteiger partial charge on any atom is 0.229 e. The molecule has 1 heterocycles. The Morgan fingerprint density at radius 3 is 2.46 bits per heavy atom. The zero-order valence-electron chi connectivity index (χ0n) is 19.2. The van der Waals surface area contributed by atoms with Gasteiger partial charge in [0.1, 0.15) is 5.75 Å². The molecule has 6 nitrogen and oxygen atoms in total. The van der Waals surface area contributed by atoms with Gasteiger partial charge in [-0.05, 0) is 66.1 Å². The van der Waals surface area contributed by atoms with Crippen LogP contribution in [0, 0.1) is 24.2 Å². The van der Waals surface area contributed by atoms with Crippen LogP contribution < -0.4 is 15.0 Å². The van der Waals surface area contributed by atoms with Gasteiger partial charge in [0.05, 0.1) is 25.0 Å². The number of nitrogens with zero attached hydrogens (tertiary/aromatic N) is 2. The van der Waals surface area contributed by atoms with Crippen molar-refractivity contribution in [2.45, 2.75) is 19.3 Å². The molecule has 0 saturated carbocycles. The minimum absolute atomic E-state index is 0.111. The average Bonchev–Trinajstić information content (AvgIpc) is 3.25. The van der Waals surface area contributed by atoms with E-state index >= 15 is 0 Å². The molecule has 3 aromatic carbocycles. The summed E-state index contributed by atoms with van der Waals surface area (Å²) in [7, 11) is 1.58. The summed E-state index contributed by atoms with van der Waals surface area (Å²) in [6, 6.07) is 20.0. The first-order valence-corrected chi connectivity index (χ1v) is 11.8. The van der Waals surface area contributed by atoms with Crippen LogP contribution in [0.3, 0.4) is 0 Å². The standard InChI is InChI=1S/C27H23Cl2N3O3/c1-16-11-22(23(14-30)17-3-5-19(28)6-4-17)24(29)13-25(16)31-27(34)18-12-26(33)32(15-18)20-7-9-21(35-2)10-8-20/h3-11,13,18,23H,12,15H2,1-2H3,(H,31,34). The first kappa shape index (κ1) is 24.6. The lowest BCUT2D eigenvalue weighted by Gasteiger charge is -2.18. The Balaban J connectivity index is 1.49. The third-order valence-electron chi connectivity index (χ3n) is 6.12. The Hall–Kier alpha value is -3.53. The summed E-state index contributed by atoms with van der Waals surface area (Å²) < 4.78 is 5.16. The molecule has 0 aromatic heterocycles. The molecule has 2 atom stereocenters. The molecule has 0 spiro atoms. The van der Waals surface area contributed by atoms with E-state index in [1.165, 1.54) is 0 Å². The van der Waals surface area contributed by atoms with Crippen molar-refractivity contribution in [2.24, 2.45) is 5.92 Å². The molecule has 1 fully saturated rings. The number of aryl methyl sites for hydroxylation is 1. The average molecular weight is 508 g/mol. The van der Waals surface area contributed by atoms with Crippen molar-refractivity contribution in [2.75, 3.05) is 23.9 Å². The van der Waals surface area contributed by atoms with Crippen LogP contribution >= 0.6 is 23.2 Å². The zero-order chi connectivity index (χ0) is 25.1. The van der Waals surface area contributed by atoms with Gasteiger partial charge in [0.25, 0.3) is 0 Å². The molecule has 35 heavy (non-hydrogen) atoms. The van der Waals surface area contributed by atoms with E-state index in [4.69, 9.17) is 27.9 Å². The Kier molecular flexibility index (Phi) is 7.30. The van der Waals surface area contributed by atoms with Crippen LogP contribution in [0.25, 0.3) is 0 Å². The van der Waals surface area contributed by atoms with Gasteiger partial charge in [-0.1, -0.05) is 41.4 Å². The van der Waals surface area contributed by atoms with Gasteiger partial charge >= 0.3 is 0 Å². The first-order chi connectivity index (χ1) is 16.8. The molecule has 1 aliphatic heterocycles. The van der Waals surface area contributed by atoms with Crippen LogP contribution in [0.1, 0.15) is 29.0 Å². The van der Waals surface area contributed by atoms with Gasteiger partial charge in [-0.3, -0.25) is 9.59 Å². The van der Waals surface area contributed by atoms with Crippen molar-refractivity contribution in [1.29, 1.82) is 5.26 Å². The smallest absolute Gasteiger partial charge is 0.229 e. The van der Waals surface area contributed by atoms with Crippen molar-refractivity contribution in [3.05, 3.63) is 87.4 Å². The number of halogens is 2. The van der Waals surface area contributed by atoms with Crippen LogP contribution in [-0.4, -0.2) is 25.5 Å². The van der Waals surface area contributed by atoms with Crippen LogP contribution in [0.15, 0.2) is 60.7 Å². The van der Waals surface area contributed by atoms with Crippen LogP contribution in [-0.2, 0) is 9.59 Å². The van der Waals surface area contributed by atoms with Crippen LogP contribution in [0.5, 0.6) is 5.75 Å². The second-order valence-electron chi connectivity index (χ2n) is 8.39. The highest BCUT2D eigenvalue weighted by molar-refractivity contribution is 6.32. The predicted molar refractivity (Wildman–Crippen MR) is 137 cm³/mol. The summed E-state index contributed by atoms with van der Waals surface area (Å²) >= 11 is 12.5. The summed E-state index contributed by atoms with van der Waals surface area (Å²) in [5, 5.41) is 13.7. The van der Waals surface area contributed by atoms with E-state index < -0.39 is 11.8 Å². The number of carbonyl (C=O) groups excluding carboxylic acids is 2. The molecule has 4 rings (SSSR count). The third-order valence-corrected chi connectivity index (χ3v) is 6.70. The molecular weight excluding hydrogens is 485 g/mol. The van der Waals surface area contributed by atoms with E-state index in [-0.39, 0.29) is 24.8 Å². The molecule has 0 aliphatic carbocycles. The largest absolute Gasteiger partial charge is 0.497 e. The topological polar surface area (TPSA) is 82.4 Å². The van der Waals surface area contributed by atoms with Gasteiger partial charge in [-0.15, -0.1) is 0 Å². The summed E-state index contributed by atoms with van der Waals surface area (Å²) in [5.41, 5.74) is 3.46. The van der Waals surface area contributed by atoms with E-state index in [2.05, 4.69) is 11.4 Å². The van der Waals surface area contributed by atoms with Gasteiger partial charge < -0.3 is 15.0 Å². The van der Waals surface area contributed by atoms with E-state index in [0.717, 1.165) is 16.8 Å². The number of hydrogen-bond donors (Lipinski definition) is 1. The van der Waals surface area contributed by atoms with Crippen LogP contribution in [0.4, 0.5) is 11.4 Å². The van der Waals surface area contributed by atoms with E-state index in [1.54, 1.807) is 66.6 Å². The lowest BCUT2D eigenvalue weighted by atomic mass is 9.91. The third kappa shape index (κ3) is 5.27. The quantitative estimate of drug-likeness (QED) is 0.446. The number of benzene rings is 3. The lowest BCUT2D eigenvalue weighted by molar-refractivity contribution is -0.122. The molecule has 0 bridgehead atoms. The highest BCUT2D eigenvalue weighted by Gasteiger charge is 2.35. The van der Waals surface area contributed by atoms with Crippen molar-refractivity contribution < 1.29 is 14.3 Å². The number of nitriles is 1. The van der Waals surface area contributed by atoms with E-state index in [0.29, 0.717) is 27.0 Å². The zero-order valence-corrected chi connectivity index (χ0v) is 20.7. The van der Waals surface area contributed by atoms with Gasteiger partial charge in [0.15, 0.2) is 0 Å². The van der Waals surface area contributed by atoms with Gasteiger partial charge in [-0.2, -0.15) is 5.26 Å². The maximum atomic E-state index is 13.0. The van der Waals surface area contributed by atoms with Crippen molar-refractivity contribution in [1.82, 2.24) is 0 Å². The highest BCUT2D eigenvalue weighted by atomic mass is 35.5. The predicted octanol–water partition coefficient (Wildman–Crippen LogP) is 5.96. The normalized spacial score (nSPS) is 16.0. The van der Waals surface area contributed by atoms with Crippen LogP contribution in [0.2, 0.25) is 10.0 Å². The van der Waals surface area contributed by atoms with Crippen molar-refractivity contribution >= 4 is 46.4 Å². The summed E-state index contributed by atoms with van der Waals surface area (Å²) in [5.74, 6) is -0.742. The number of anilines is 2. The van der Waals surface area contributed by atoms with Gasteiger partial charge in [0, 0.05) is 34.4 Å². The fourth-order valence-corrected chi connectivity index (χ4v) is 4.57. The Morgan fingerprint density at radius 2 is 1.83 bits per heavy atom. The fraction of sp³-hybridized carbons (Fsp3) is 0.222. The molecule has 0 radical (unpaired) electrons. The SMILES string of the molecule is COc1ccc(N2CC(C(=O)Nc3cc(Cl)c(C(C#N)c4ccc(Cl)cc4)cc3C)CC2=O)cc1. The Labute approximate surface area is 214 Å². The molecule has 3 aromatic rings. The fourth-order valence-electron chi connectivity index (χ4n) is 4.17. The monoisotopic (exact) mass is 507 g/mol. The molecule has 1 saturated heterocycles. The summed E-state index contributed by atoms with van der Waals surface area (Å²) in [4.78, 5) is 27.2. The number of amides is 2. The highest BCUT2D eigenvalue weighted by Crippen LogP contribution is 2.35. The number of carbonyl (C=O) groups is 2. The van der Waals surface area contributed by atoms with Crippen molar-refractivity contribution in [3.63, 3.8) is 0 Å². The number of ether oxygens (including phenoxy) is 1. The second kappa shape index (κ2) is 10.4. The number of nitrogens with one attached hydrogen (secondary N) is 1. The van der Waals surface area contributed by atoms with Crippen molar-refractivity contribution in [3.8, 4) is 11.8 Å². The minimum Gasteiger partial charge on any atom is -0.497 e. The molecule has 2 unspecified atom stereocenters. The molecule has 1 N–H and O–H groups in total. The minimum atomic E-state index is -0.575. The molecular formula is C27H23Cl2N3O3. The maximum absolute atomic E-state index is 13.0. The second-order valence-corrected chi connectivity index (χ2v) is 9.24. The lowest BCUT2D eigenvalue weighted by Crippen LogP contribution is -2.28. The molecule has 1 aliphatic rings. The first-order valence-electron chi connectivity index (χ1n) is 11.0. The Bertz CT molecular complexity index is 1300. The Morgan fingerprint density at radius 1 is 1.14 bits per heavy atom. The van der Waals surface area contributed by atoms with Gasteiger partial charge in [-0.25, -0.2) is 0 Å². The van der Waals surface area contributed by atoms with Gasteiger partial charge in [0.2, 0.25) is 11.8 Å². The summed E-state index contributed by atoms with van der Waals surface area (Å²) in [6.45, 7) is 2.13. The molecule has 2 amide bonds.